The van der Waals surface area contributed by atoms with Crippen LogP contribution in [0.1, 0.15) is 19.4 Å². The minimum absolute atomic E-state index is 0.0139. The molecular weight excluding hydrogens is 276 g/mol. The van der Waals surface area contributed by atoms with Gasteiger partial charge in [-0.25, -0.2) is 0 Å². The Kier molecular flexibility index (Phi) is 6.63. The quantitative estimate of drug-likeness (QED) is 0.443. The summed E-state index contributed by atoms with van der Waals surface area (Å²) in [5.41, 5.74) is 6.77. The maximum Gasteiger partial charge on any atom is 0.122 e. The number of rotatable bonds is 3. The average molecular weight is 298 g/mol. The van der Waals surface area contributed by atoms with Crippen molar-refractivity contribution in [2.24, 2.45) is 11.7 Å². The molecule has 0 aromatic heterocycles. The Morgan fingerprint density at radius 1 is 1.00 bits per heavy atom. The van der Waals surface area contributed by atoms with E-state index < -0.39 is 0 Å². The summed E-state index contributed by atoms with van der Waals surface area (Å²) in [4.78, 5) is 0. The van der Waals surface area contributed by atoms with Crippen LogP contribution in [-0.4, -0.2) is 16.8 Å². The molecule has 0 saturated heterocycles. The van der Waals surface area contributed by atoms with E-state index in [9.17, 15) is 0 Å². The smallest absolute Gasteiger partial charge is 0.122 e. The van der Waals surface area contributed by atoms with Gasteiger partial charge in [-0.05, 0) is 36.4 Å². The molecule has 22 heavy (non-hydrogen) atoms. The van der Waals surface area contributed by atoms with Crippen molar-refractivity contribution < 1.29 is 5.11 Å². The lowest BCUT2D eigenvalue weighted by atomic mass is 10.2. The van der Waals surface area contributed by atoms with Crippen LogP contribution in [0, 0.1) is 16.7 Å². The summed E-state index contributed by atoms with van der Waals surface area (Å²) >= 11 is 0. The molecule has 0 amide bonds. The van der Waals surface area contributed by atoms with Crippen LogP contribution in [0.15, 0.2) is 54.6 Å². The minimum Gasteiger partial charge on any atom is -0.508 e. The first kappa shape index (κ1) is 17.2. The second-order valence-corrected chi connectivity index (χ2v) is 5.02. The number of amidine groups is 2. The van der Waals surface area contributed by atoms with Crippen LogP contribution in [0.25, 0.3) is 0 Å². The molecule has 0 aliphatic rings. The number of para-hydroxylation sites is 1. The van der Waals surface area contributed by atoms with Crippen molar-refractivity contribution in [3.05, 3.63) is 60.2 Å². The number of aromatic hydroxyl groups is 1. The zero-order valence-corrected chi connectivity index (χ0v) is 12.8. The van der Waals surface area contributed by atoms with Crippen molar-refractivity contribution in [3.63, 3.8) is 0 Å². The number of nitrogens with one attached hydrogen (secondary N) is 3. The van der Waals surface area contributed by atoms with E-state index in [1.807, 2.05) is 44.2 Å². The minimum atomic E-state index is 0.0139. The zero-order valence-electron chi connectivity index (χ0n) is 12.8. The van der Waals surface area contributed by atoms with E-state index >= 15 is 0 Å². The number of hydrogen-bond donors (Lipinski definition) is 5. The summed E-state index contributed by atoms with van der Waals surface area (Å²) in [5, 5.41) is 26.4. The van der Waals surface area contributed by atoms with Gasteiger partial charge in [-0.2, -0.15) is 0 Å². The van der Waals surface area contributed by atoms with Crippen LogP contribution in [0.3, 0.4) is 0 Å². The summed E-state index contributed by atoms with van der Waals surface area (Å²) in [6.45, 7) is 4.00. The highest BCUT2D eigenvalue weighted by molar-refractivity contribution is 5.95. The molecule has 116 valence electrons. The molecule has 0 aliphatic heterocycles. The maximum atomic E-state index is 8.83. The van der Waals surface area contributed by atoms with Crippen molar-refractivity contribution in [3.8, 4) is 5.75 Å². The monoisotopic (exact) mass is 298 g/mol. The van der Waals surface area contributed by atoms with Crippen molar-refractivity contribution in [2.45, 2.75) is 13.8 Å². The van der Waals surface area contributed by atoms with E-state index in [0.29, 0.717) is 11.4 Å². The number of nitrogens with two attached hydrogens (primary N) is 1. The van der Waals surface area contributed by atoms with Gasteiger partial charge in [-0.15, -0.1) is 0 Å². The lowest BCUT2D eigenvalue weighted by Gasteiger charge is -2.09. The lowest BCUT2D eigenvalue weighted by Crippen LogP contribution is -2.16. The number of hydrogen-bond acceptors (Lipinski definition) is 3. The van der Waals surface area contributed by atoms with Crippen LogP contribution in [-0.2, 0) is 0 Å². The standard InChI is InChI=1S/C10H14N2.C7H8N2O/c1-8(2)10(11)12-9-6-4-3-5-7-9;8-7(9)5-1-3-6(10)4-2-5/h3-8H,1-2H3,(H2,11,12);1-4,10H,(H3,8,9). The molecule has 5 nitrogen and oxygen atoms in total. The third kappa shape index (κ3) is 6.09. The highest BCUT2D eigenvalue weighted by Gasteiger charge is 2.01. The fraction of sp³-hybridized carbons (Fsp3) is 0.176. The Labute approximate surface area is 130 Å². The van der Waals surface area contributed by atoms with Gasteiger partial charge in [0, 0.05) is 17.2 Å². The van der Waals surface area contributed by atoms with Crippen molar-refractivity contribution in [1.29, 1.82) is 10.8 Å². The van der Waals surface area contributed by atoms with Gasteiger partial charge < -0.3 is 16.2 Å². The van der Waals surface area contributed by atoms with Gasteiger partial charge in [0.25, 0.3) is 0 Å². The van der Waals surface area contributed by atoms with Crippen molar-refractivity contribution >= 4 is 17.4 Å². The second-order valence-electron chi connectivity index (χ2n) is 5.02. The summed E-state index contributed by atoms with van der Waals surface area (Å²) in [5.74, 6) is 1.01. The number of anilines is 1. The summed E-state index contributed by atoms with van der Waals surface area (Å²) in [7, 11) is 0. The van der Waals surface area contributed by atoms with Gasteiger partial charge in [0.05, 0.1) is 0 Å². The molecule has 0 unspecified atom stereocenters. The van der Waals surface area contributed by atoms with Crippen LogP contribution in [0.5, 0.6) is 5.75 Å². The third-order valence-electron chi connectivity index (χ3n) is 2.81. The molecule has 0 heterocycles. The Morgan fingerprint density at radius 2 is 1.55 bits per heavy atom. The van der Waals surface area contributed by atoms with Crippen molar-refractivity contribution in [2.75, 3.05) is 5.32 Å². The predicted octanol–water partition coefficient (Wildman–Crippen LogP) is 3.41. The molecule has 0 radical (unpaired) electrons. The third-order valence-corrected chi connectivity index (χ3v) is 2.81. The van der Waals surface area contributed by atoms with E-state index in [-0.39, 0.29) is 17.5 Å². The predicted molar refractivity (Wildman–Crippen MR) is 91.8 cm³/mol. The molecule has 2 rings (SSSR count). The molecular formula is C17H22N4O. The average Bonchev–Trinajstić information content (AvgIpc) is 2.49. The Hall–Kier alpha value is -2.82. The molecule has 0 atom stereocenters. The molecule has 0 saturated carbocycles. The second kappa shape index (κ2) is 8.46. The van der Waals surface area contributed by atoms with E-state index in [0.717, 1.165) is 5.69 Å². The van der Waals surface area contributed by atoms with Gasteiger partial charge in [0.15, 0.2) is 0 Å². The molecule has 0 fully saturated rings. The van der Waals surface area contributed by atoms with E-state index in [1.54, 1.807) is 12.1 Å². The molecule has 2 aromatic rings. The summed E-state index contributed by atoms with van der Waals surface area (Å²) in [6, 6.07) is 16.0. The van der Waals surface area contributed by atoms with Gasteiger partial charge in [-0.3, -0.25) is 10.8 Å². The van der Waals surface area contributed by atoms with Crippen LogP contribution >= 0.6 is 0 Å². The first-order chi connectivity index (χ1) is 10.4. The Morgan fingerprint density at radius 3 is 2.00 bits per heavy atom. The van der Waals surface area contributed by atoms with E-state index in [2.05, 4.69) is 5.32 Å². The number of phenolic OH excluding ortho intramolecular Hbond substituents is 1. The van der Waals surface area contributed by atoms with Gasteiger partial charge >= 0.3 is 0 Å². The highest BCUT2D eigenvalue weighted by atomic mass is 16.3. The summed E-state index contributed by atoms with van der Waals surface area (Å²) < 4.78 is 0. The Balaban J connectivity index is 0.000000224. The highest BCUT2D eigenvalue weighted by Crippen LogP contribution is 2.08. The molecule has 5 heteroatoms. The number of benzene rings is 2. The van der Waals surface area contributed by atoms with E-state index in [4.69, 9.17) is 21.7 Å². The molecule has 0 spiro atoms. The van der Waals surface area contributed by atoms with Crippen molar-refractivity contribution in [1.82, 2.24) is 0 Å². The molecule has 0 aliphatic carbocycles. The van der Waals surface area contributed by atoms with E-state index in [1.165, 1.54) is 12.1 Å². The molecule has 2 aromatic carbocycles. The SMILES string of the molecule is CC(C)C(=N)Nc1ccccc1.N=C(N)c1ccc(O)cc1. The Bertz CT molecular complexity index is 606. The van der Waals surface area contributed by atoms with Crippen LogP contribution < -0.4 is 11.1 Å². The zero-order chi connectivity index (χ0) is 16.5. The fourth-order valence-corrected chi connectivity index (χ4v) is 1.46. The number of nitrogen functional groups attached to an aromatic ring is 1. The lowest BCUT2D eigenvalue weighted by molar-refractivity contribution is 0.475. The first-order valence-corrected chi connectivity index (χ1v) is 6.94. The van der Waals surface area contributed by atoms with Gasteiger partial charge in [0.1, 0.15) is 17.4 Å². The first-order valence-electron chi connectivity index (χ1n) is 6.94. The molecule has 6 N–H and O–H groups in total. The topological polar surface area (TPSA) is 106 Å². The largest absolute Gasteiger partial charge is 0.508 e. The normalized spacial score (nSPS) is 9.59. The molecule has 0 bridgehead atoms. The summed E-state index contributed by atoms with van der Waals surface area (Å²) in [6.07, 6.45) is 0. The van der Waals surface area contributed by atoms with Gasteiger partial charge in [0.2, 0.25) is 0 Å². The van der Waals surface area contributed by atoms with Crippen LogP contribution in [0.2, 0.25) is 0 Å². The number of phenols is 1. The fourth-order valence-electron chi connectivity index (χ4n) is 1.46. The van der Waals surface area contributed by atoms with Crippen LogP contribution in [0.4, 0.5) is 5.69 Å². The van der Waals surface area contributed by atoms with Gasteiger partial charge in [-0.1, -0.05) is 32.0 Å². The maximum absolute atomic E-state index is 8.83.